The predicted molar refractivity (Wildman–Crippen MR) is 63.0 cm³/mol. The molecule has 0 atom stereocenters. The lowest BCUT2D eigenvalue weighted by molar-refractivity contribution is 0.0125. The lowest BCUT2D eigenvalue weighted by atomic mass is 10.1. The quantitative estimate of drug-likeness (QED) is 0.832. The SMILES string of the molecule is CC(F)(F)c1ncc(N2CCC(F)CC2)nc1Cl. The first-order valence-electron chi connectivity index (χ1n) is 5.68. The van der Waals surface area contributed by atoms with E-state index >= 15 is 0 Å². The molecule has 2 rings (SSSR count). The molecule has 7 heteroatoms. The van der Waals surface area contributed by atoms with Crippen molar-refractivity contribution in [2.45, 2.75) is 31.9 Å². The summed E-state index contributed by atoms with van der Waals surface area (Å²) >= 11 is 5.71. The third-order valence-electron chi connectivity index (χ3n) is 2.88. The lowest BCUT2D eigenvalue weighted by Gasteiger charge is -2.29. The molecule has 0 unspecified atom stereocenters. The number of rotatable bonds is 2. The van der Waals surface area contributed by atoms with Crippen LogP contribution in [0.4, 0.5) is 19.0 Å². The third kappa shape index (κ3) is 2.85. The Morgan fingerprint density at radius 2 is 2.00 bits per heavy atom. The highest BCUT2D eigenvalue weighted by molar-refractivity contribution is 6.30. The fourth-order valence-corrected chi connectivity index (χ4v) is 2.18. The van der Waals surface area contributed by atoms with Gasteiger partial charge < -0.3 is 4.90 Å². The van der Waals surface area contributed by atoms with Gasteiger partial charge >= 0.3 is 0 Å². The zero-order valence-electron chi connectivity index (χ0n) is 9.84. The zero-order chi connectivity index (χ0) is 13.3. The van der Waals surface area contributed by atoms with Gasteiger partial charge in [0.25, 0.3) is 5.92 Å². The standard InChI is InChI=1S/C11H13ClF3N3/c1-11(14,15)9-10(12)17-8(6-16-9)18-4-2-7(13)3-5-18/h6-7H,2-5H2,1H3. The van der Waals surface area contributed by atoms with Crippen LogP contribution in [0.15, 0.2) is 6.20 Å². The zero-order valence-corrected chi connectivity index (χ0v) is 10.6. The van der Waals surface area contributed by atoms with Crippen LogP contribution in [0.3, 0.4) is 0 Å². The van der Waals surface area contributed by atoms with Crippen LogP contribution < -0.4 is 4.90 Å². The first kappa shape index (κ1) is 13.4. The van der Waals surface area contributed by atoms with E-state index in [4.69, 9.17) is 11.6 Å². The summed E-state index contributed by atoms with van der Waals surface area (Å²) in [6, 6.07) is 0. The van der Waals surface area contributed by atoms with Crippen LogP contribution in [0.5, 0.6) is 0 Å². The van der Waals surface area contributed by atoms with Crippen molar-refractivity contribution in [2.24, 2.45) is 0 Å². The number of aromatic nitrogens is 2. The van der Waals surface area contributed by atoms with Crippen molar-refractivity contribution in [3.8, 4) is 0 Å². The van der Waals surface area contributed by atoms with Crippen molar-refractivity contribution in [3.63, 3.8) is 0 Å². The molecule has 0 aliphatic carbocycles. The summed E-state index contributed by atoms with van der Waals surface area (Å²) in [6.45, 7) is 1.71. The Bertz CT molecular complexity index is 428. The summed E-state index contributed by atoms with van der Waals surface area (Å²) < 4.78 is 39.2. The van der Waals surface area contributed by atoms with Crippen LogP contribution in [0.25, 0.3) is 0 Å². The van der Waals surface area contributed by atoms with Crippen LogP contribution in [0.2, 0.25) is 5.15 Å². The van der Waals surface area contributed by atoms with Crippen LogP contribution in [0.1, 0.15) is 25.5 Å². The Labute approximate surface area is 108 Å². The van der Waals surface area contributed by atoms with Gasteiger partial charge in [0.1, 0.15) is 17.7 Å². The van der Waals surface area contributed by atoms with E-state index in [9.17, 15) is 13.2 Å². The van der Waals surface area contributed by atoms with E-state index in [1.807, 2.05) is 0 Å². The molecular weight excluding hydrogens is 267 g/mol. The second-order valence-corrected chi connectivity index (χ2v) is 4.78. The predicted octanol–water partition coefficient (Wildman–Crippen LogP) is 3.18. The first-order chi connectivity index (χ1) is 8.38. The number of hydrogen-bond acceptors (Lipinski definition) is 3. The van der Waals surface area contributed by atoms with Gasteiger partial charge in [0, 0.05) is 20.0 Å². The van der Waals surface area contributed by atoms with Gasteiger partial charge in [0.2, 0.25) is 0 Å². The molecule has 1 aromatic heterocycles. The van der Waals surface area contributed by atoms with Gasteiger partial charge in [-0.1, -0.05) is 11.6 Å². The minimum Gasteiger partial charge on any atom is -0.355 e. The molecule has 100 valence electrons. The van der Waals surface area contributed by atoms with E-state index in [0.717, 1.165) is 6.92 Å². The Balaban J connectivity index is 2.19. The molecule has 1 aliphatic heterocycles. The lowest BCUT2D eigenvalue weighted by Crippen LogP contribution is -2.35. The molecule has 1 fully saturated rings. The highest BCUT2D eigenvalue weighted by Crippen LogP contribution is 2.31. The molecule has 0 radical (unpaired) electrons. The number of hydrogen-bond donors (Lipinski definition) is 0. The van der Waals surface area contributed by atoms with Gasteiger partial charge in [-0.3, -0.25) is 0 Å². The summed E-state index contributed by atoms with van der Waals surface area (Å²) in [7, 11) is 0. The number of halogens is 4. The minimum atomic E-state index is -3.12. The molecule has 3 nitrogen and oxygen atoms in total. The van der Waals surface area contributed by atoms with Gasteiger partial charge in [-0.15, -0.1) is 0 Å². The number of piperidine rings is 1. The molecule has 2 heterocycles. The molecule has 0 bridgehead atoms. The largest absolute Gasteiger partial charge is 0.355 e. The van der Waals surface area contributed by atoms with Crippen molar-refractivity contribution in [1.29, 1.82) is 0 Å². The molecule has 1 aliphatic rings. The molecule has 0 amide bonds. The van der Waals surface area contributed by atoms with Crippen molar-refractivity contribution in [1.82, 2.24) is 9.97 Å². The van der Waals surface area contributed by atoms with Gasteiger partial charge in [0.15, 0.2) is 5.15 Å². The fourth-order valence-electron chi connectivity index (χ4n) is 1.88. The smallest absolute Gasteiger partial charge is 0.290 e. The van der Waals surface area contributed by atoms with Gasteiger partial charge in [-0.05, 0) is 12.8 Å². The van der Waals surface area contributed by atoms with E-state index in [1.165, 1.54) is 6.20 Å². The maximum atomic E-state index is 13.1. The average Bonchev–Trinajstić information content (AvgIpc) is 2.28. The highest BCUT2D eigenvalue weighted by Gasteiger charge is 2.31. The molecule has 0 saturated carbocycles. The molecule has 1 saturated heterocycles. The molecule has 18 heavy (non-hydrogen) atoms. The topological polar surface area (TPSA) is 29.0 Å². The molecule has 0 aromatic carbocycles. The van der Waals surface area contributed by atoms with Crippen molar-refractivity contribution < 1.29 is 13.2 Å². The normalized spacial score (nSPS) is 18.2. The fraction of sp³-hybridized carbons (Fsp3) is 0.636. The summed E-state index contributed by atoms with van der Waals surface area (Å²) in [4.78, 5) is 9.38. The van der Waals surface area contributed by atoms with Crippen molar-refractivity contribution >= 4 is 17.4 Å². The number of alkyl halides is 3. The van der Waals surface area contributed by atoms with Crippen LogP contribution in [0, 0.1) is 0 Å². The van der Waals surface area contributed by atoms with E-state index < -0.39 is 17.8 Å². The van der Waals surface area contributed by atoms with E-state index in [-0.39, 0.29) is 5.15 Å². The first-order valence-corrected chi connectivity index (χ1v) is 6.05. The Kier molecular flexibility index (Phi) is 3.66. The van der Waals surface area contributed by atoms with Crippen LogP contribution >= 0.6 is 11.6 Å². The van der Waals surface area contributed by atoms with E-state index in [0.29, 0.717) is 31.7 Å². The molecular formula is C11H13ClF3N3. The third-order valence-corrected chi connectivity index (χ3v) is 3.15. The summed E-state index contributed by atoms with van der Waals surface area (Å²) in [5.41, 5.74) is -0.534. The molecule has 0 N–H and O–H groups in total. The van der Waals surface area contributed by atoms with Gasteiger partial charge in [-0.25, -0.2) is 14.4 Å². The number of anilines is 1. The Morgan fingerprint density at radius 1 is 1.39 bits per heavy atom. The second-order valence-electron chi connectivity index (χ2n) is 4.42. The van der Waals surface area contributed by atoms with Crippen molar-refractivity contribution in [3.05, 3.63) is 17.0 Å². The van der Waals surface area contributed by atoms with Gasteiger partial charge in [-0.2, -0.15) is 8.78 Å². The summed E-state index contributed by atoms with van der Waals surface area (Å²) in [5.74, 6) is -2.70. The number of nitrogens with zero attached hydrogens (tertiary/aromatic N) is 3. The van der Waals surface area contributed by atoms with Gasteiger partial charge in [0.05, 0.1) is 6.20 Å². The Hall–Kier alpha value is -1.04. The molecule has 0 spiro atoms. The Morgan fingerprint density at radius 3 is 2.50 bits per heavy atom. The maximum Gasteiger partial charge on any atom is 0.290 e. The van der Waals surface area contributed by atoms with Crippen molar-refractivity contribution in [2.75, 3.05) is 18.0 Å². The van der Waals surface area contributed by atoms with Crippen LogP contribution in [-0.2, 0) is 5.92 Å². The summed E-state index contributed by atoms with van der Waals surface area (Å²) in [5, 5.41) is -0.303. The minimum absolute atomic E-state index is 0.303. The van der Waals surface area contributed by atoms with E-state index in [1.54, 1.807) is 4.90 Å². The highest BCUT2D eigenvalue weighted by atomic mass is 35.5. The summed E-state index contributed by atoms with van der Waals surface area (Å²) in [6.07, 6.45) is 1.27. The van der Waals surface area contributed by atoms with E-state index in [2.05, 4.69) is 9.97 Å². The second kappa shape index (κ2) is 4.91. The monoisotopic (exact) mass is 279 g/mol. The van der Waals surface area contributed by atoms with Crippen LogP contribution in [-0.4, -0.2) is 29.2 Å². The maximum absolute atomic E-state index is 13.1. The molecule has 1 aromatic rings. The average molecular weight is 280 g/mol.